The van der Waals surface area contributed by atoms with Crippen LogP contribution in [-0.2, 0) is 22.6 Å². The largest absolute Gasteiger partial charge is 0.378 e. The maximum absolute atomic E-state index is 11.9. The molecule has 1 saturated heterocycles. The quantitative estimate of drug-likeness (QED) is 0.533. The number of guanidine groups is 1. The van der Waals surface area contributed by atoms with E-state index in [1.807, 2.05) is 11.9 Å². The summed E-state index contributed by atoms with van der Waals surface area (Å²) in [5, 5.41) is 7.16. The van der Waals surface area contributed by atoms with Crippen LogP contribution >= 0.6 is 0 Å². The van der Waals surface area contributed by atoms with Crippen molar-refractivity contribution in [1.82, 2.24) is 15.5 Å². The normalized spacial score (nSPS) is 25.6. The van der Waals surface area contributed by atoms with Crippen LogP contribution < -0.4 is 10.6 Å². The summed E-state index contributed by atoms with van der Waals surface area (Å²) >= 11 is 0. The van der Waals surface area contributed by atoms with E-state index in [0.717, 1.165) is 38.5 Å². The van der Waals surface area contributed by atoms with Crippen molar-refractivity contribution in [3.8, 4) is 0 Å². The van der Waals surface area contributed by atoms with Gasteiger partial charge < -0.3 is 20.3 Å². The van der Waals surface area contributed by atoms with E-state index in [1.165, 1.54) is 36.8 Å². The van der Waals surface area contributed by atoms with Crippen molar-refractivity contribution in [2.75, 3.05) is 20.2 Å². The Bertz CT molecular complexity index is 772. The molecule has 1 aromatic rings. The smallest absolute Gasteiger partial charge is 0.222 e. The lowest BCUT2D eigenvalue weighted by Gasteiger charge is -2.54. The van der Waals surface area contributed by atoms with Gasteiger partial charge in [0.2, 0.25) is 5.91 Å². The van der Waals surface area contributed by atoms with Gasteiger partial charge in [0.15, 0.2) is 5.96 Å². The van der Waals surface area contributed by atoms with Crippen molar-refractivity contribution in [3.05, 3.63) is 35.4 Å². The number of rotatable bonds is 7. The minimum absolute atomic E-state index is 0.273. The van der Waals surface area contributed by atoms with Crippen molar-refractivity contribution in [1.29, 1.82) is 0 Å². The highest BCUT2D eigenvalue weighted by molar-refractivity contribution is 5.80. The Balaban J connectivity index is 1.32. The summed E-state index contributed by atoms with van der Waals surface area (Å²) in [6.07, 6.45) is 8.25. The number of aliphatic imine (C=N–C) groups is 1. The molecule has 2 N–H and O–H groups in total. The molecule has 2 unspecified atom stereocenters. The molecule has 164 valence electrons. The molecule has 1 heterocycles. The molecule has 2 aliphatic carbocycles. The Morgan fingerprint density at radius 1 is 1.27 bits per heavy atom. The van der Waals surface area contributed by atoms with Crippen molar-refractivity contribution in [2.45, 2.75) is 77.1 Å². The third-order valence-corrected chi connectivity index (χ3v) is 7.22. The summed E-state index contributed by atoms with van der Waals surface area (Å²) in [5.41, 5.74) is 2.69. The van der Waals surface area contributed by atoms with E-state index in [4.69, 9.17) is 4.74 Å². The first-order valence-corrected chi connectivity index (χ1v) is 11.6. The summed E-state index contributed by atoms with van der Waals surface area (Å²) in [6, 6.07) is 8.94. The highest BCUT2D eigenvalue weighted by Gasteiger charge is 2.56. The molecule has 2 atom stereocenters. The minimum atomic E-state index is 0.273. The number of nitrogens with zero attached hydrogens (tertiary/aromatic N) is 2. The van der Waals surface area contributed by atoms with Gasteiger partial charge in [0.1, 0.15) is 0 Å². The van der Waals surface area contributed by atoms with Crippen LogP contribution in [0, 0.1) is 5.41 Å². The van der Waals surface area contributed by atoms with Crippen molar-refractivity contribution in [3.63, 3.8) is 0 Å². The first kappa shape index (κ1) is 21.2. The topological polar surface area (TPSA) is 66.0 Å². The molecule has 1 amide bonds. The molecule has 0 bridgehead atoms. The molecule has 3 fully saturated rings. The summed E-state index contributed by atoms with van der Waals surface area (Å²) in [6.45, 7) is 5.20. The number of likely N-dealkylation sites (tertiary alicyclic amines) is 1. The van der Waals surface area contributed by atoms with E-state index in [2.05, 4.69) is 46.8 Å². The maximum Gasteiger partial charge on any atom is 0.222 e. The summed E-state index contributed by atoms with van der Waals surface area (Å²) in [5.74, 6) is 1.14. The van der Waals surface area contributed by atoms with Gasteiger partial charge in [-0.15, -0.1) is 0 Å². The molecular formula is C24H36N4O2. The molecule has 1 spiro atoms. The van der Waals surface area contributed by atoms with Gasteiger partial charge in [0.25, 0.3) is 0 Å². The number of hydrogen-bond donors (Lipinski definition) is 2. The van der Waals surface area contributed by atoms with Crippen LogP contribution in [0.2, 0.25) is 0 Å². The Kier molecular flexibility index (Phi) is 6.61. The molecule has 0 aromatic heterocycles. The molecule has 0 radical (unpaired) electrons. The number of nitrogens with one attached hydrogen (secondary N) is 2. The Hall–Kier alpha value is -2.08. The minimum Gasteiger partial charge on any atom is -0.378 e. The summed E-state index contributed by atoms with van der Waals surface area (Å²) < 4.78 is 6.04. The molecule has 3 aliphatic rings. The number of benzene rings is 1. The second-order valence-corrected chi connectivity index (χ2v) is 8.98. The van der Waals surface area contributed by atoms with E-state index in [9.17, 15) is 4.79 Å². The molecule has 4 rings (SSSR count). The highest BCUT2D eigenvalue weighted by Crippen LogP contribution is 2.54. The van der Waals surface area contributed by atoms with Crippen LogP contribution in [0.15, 0.2) is 29.3 Å². The van der Waals surface area contributed by atoms with Crippen molar-refractivity contribution < 1.29 is 9.53 Å². The van der Waals surface area contributed by atoms with Gasteiger partial charge in [-0.3, -0.25) is 9.79 Å². The number of ether oxygens (including phenoxy) is 1. The average Bonchev–Trinajstić information content (AvgIpc) is 3.41. The number of carbonyl (C=O) groups excluding carboxylic acids is 1. The zero-order valence-electron chi connectivity index (χ0n) is 18.5. The first-order valence-electron chi connectivity index (χ1n) is 11.6. The first-order chi connectivity index (χ1) is 14.6. The Morgan fingerprint density at radius 3 is 2.77 bits per heavy atom. The van der Waals surface area contributed by atoms with Crippen LogP contribution in [0.1, 0.15) is 63.0 Å². The number of amides is 1. The average molecular weight is 413 g/mol. The van der Waals surface area contributed by atoms with Crippen LogP contribution in [0.25, 0.3) is 0 Å². The second kappa shape index (κ2) is 9.38. The van der Waals surface area contributed by atoms with Crippen LogP contribution in [0.4, 0.5) is 0 Å². The van der Waals surface area contributed by atoms with E-state index in [1.54, 1.807) is 0 Å². The molecule has 6 heteroatoms. The lowest BCUT2D eigenvalue weighted by Crippen LogP contribution is -2.65. The van der Waals surface area contributed by atoms with Crippen LogP contribution in [0.5, 0.6) is 0 Å². The zero-order chi connectivity index (χ0) is 21.0. The molecule has 6 nitrogen and oxygen atoms in total. The van der Waals surface area contributed by atoms with Crippen molar-refractivity contribution in [2.24, 2.45) is 10.4 Å². The van der Waals surface area contributed by atoms with Gasteiger partial charge in [-0.1, -0.05) is 37.1 Å². The fraction of sp³-hybridized carbons (Fsp3) is 0.667. The Labute approximate surface area is 180 Å². The van der Waals surface area contributed by atoms with Crippen LogP contribution in [-0.4, -0.2) is 49.1 Å². The predicted molar refractivity (Wildman–Crippen MR) is 119 cm³/mol. The fourth-order valence-corrected chi connectivity index (χ4v) is 5.56. The maximum atomic E-state index is 11.9. The lowest BCUT2D eigenvalue weighted by atomic mass is 9.60. The van der Waals surface area contributed by atoms with Crippen molar-refractivity contribution >= 4 is 11.9 Å². The predicted octanol–water partition coefficient (Wildman–Crippen LogP) is 3.21. The molecule has 30 heavy (non-hydrogen) atoms. The monoisotopic (exact) mass is 412 g/mol. The summed E-state index contributed by atoms with van der Waals surface area (Å²) in [4.78, 5) is 18.3. The third-order valence-electron chi connectivity index (χ3n) is 7.22. The van der Waals surface area contributed by atoms with E-state index in [-0.39, 0.29) is 11.3 Å². The van der Waals surface area contributed by atoms with Gasteiger partial charge in [-0.2, -0.15) is 0 Å². The highest BCUT2D eigenvalue weighted by atomic mass is 16.5. The van der Waals surface area contributed by atoms with Gasteiger partial charge in [-0.25, -0.2) is 0 Å². The number of carbonyl (C=O) groups is 1. The van der Waals surface area contributed by atoms with Gasteiger partial charge >= 0.3 is 0 Å². The number of hydrogen-bond acceptors (Lipinski definition) is 3. The lowest BCUT2D eigenvalue weighted by molar-refractivity contribution is -0.128. The van der Waals surface area contributed by atoms with Gasteiger partial charge in [-0.05, 0) is 43.7 Å². The Morgan fingerprint density at radius 2 is 2.07 bits per heavy atom. The molecule has 1 aromatic carbocycles. The molecule has 1 aliphatic heterocycles. The van der Waals surface area contributed by atoms with Gasteiger partial charge in [0.05, 0.1) is 6.10 Å². The SMILES string of the molecule is CCOC1CC(NC(=NC)NCc2cccc(CN3CCCC3=O)c2)C12CCCC2. The zero-order valence-corrected chi connectivity index (χ0v) is 18.5. The standard InChI is InChI=1S/C24H36N4O2/c1-3-30-21-15-20(24(21)11-4-5-12-24)27-23(25-2)26-16-18-8-6-9-19(14-18)17-28-13-7-10-22(28)29/h6,8-9,14,20-21H,3-5,7,10-13,15-17H2,1-2H3,(H2,25,26,27). The van der Waals surface area contributed by atoms with Crippen LogP contribution in [0.3, 0.4) is 0 Å². The molecule has 2 saturated carbocycles. The molecular weight excluding hydrogens is 376 g/mol. The summed E-state index contributed by atoms with van der Waals surface area (Å²) in [7, 11) is 1.84. The van der Waals surface area contributed by atoms with E-state index < -0.39 is 0 Å². The fourth-order valence-electron chi connectivity index (χ4n) is 5.56. The second-order valence-electron chi connectivity index (χ2n) is 8.98. The van der Waals surface area contributed by atoms with E-state index in [0.29, 0.717) is 25.1 Å². The third kappa shape index (κ3) is 4.34. The van der Waals surface area contributed by atoms with Gasteiger partial charge in [0, 0.05) is 51.2 Å². The van der Waals surface area contributed by atoms with E-state index >= 15 is 0 Å².